The third-order valence-corrected chi connectivity index (χ3v) is 4.08. The van der Waals surface area contributed by atoms with E-state index in [0.29, 0.717) is 5.75 Å². The van der Waals surface area contributed by atoms with E-state index in [-0.39, 0.29) is 18.6 Å². The summed E-state index contributed by atoms with van der Waals surface area (Å²) in [7, 11) is 0. The molecule has 0 aliphatic heterocycles. The molecule has 0 radical (unpaired) electrons. The van der Waals surface area contributed by atoms with Crippen molar-refractivity contribution in [2.24, 2.45) is 0 Å². The predicted molar refractivity (Wildman–Crippen MR) is 89.8 cm³/mol. The van der Waals surface area contributed by atoms with E-state index in [1.54, 1.807) is 18.7 Å². The summed E-state index contributed by atoms with van der Waals surface area (Å²) < 4.78 is 0. The lowest BCUT2D eigenvalue weighted by molar-refractivity contribution is 0.0868. The Morgan fingerprint density at radius 1 is 1.38 bits per heavy atom. The summed E-state index contributed by atoms with van der Waals surface area (Å²) in [5.74, 6) is 0.594. The maximum atomic E-state index is 11.8. The maximum absolute atomic E-state index is 11.8. The molecule has 1 rings (SSSR count). The van der Waals surface area contributed by atoms with E-state index in [1.807, 2.05) is 31.4 Å². The molecule has 2 amide bonds. The number of thioether (sulfide) groups is 1. The zero-order valence-electron chi connectivity index (χ0n) is 13.1. The second-order valence-corrected chi connectivity index (χ2v) is 6.55. The van der Waals surface area contributed by atoms with Crippen LogP contribution in [0.1, 0.15) is 25.8 Å². The molecule has 0 saturated carbocycles. The van der Waals surface area contributed by atoms with E-state index >= 15 is 0 Å². The predicted octanol–water partition coefficient (Wildman–Crippen LogP) is 2.42. The molecule has 0 spiro atoms. The average Bonchev–Trinajstić information content (AvgIpc) is 2.44. The average molecular weight is 310 g/mol. The van der Waals surface area contributed by atoms with Crippen molar-refractivity contribution in [1.29, 1.82) is 0 Å². The van der Waals surface area contributed by atoms with Crippen molar-refractivity contribution in [2.75, 3.05) is 18.6 Å². The highest BCUT2D eigenvalue weighted by molar-refractivity contribution is 7.98. The van der Waals surface area contributed by atoms with Crippen LogP contribution in [-0.4, -0.2) is 41.3 Å². The lowest BCUT2D eigenvalue weighted by atomic mass is 10.1. The van der Waals surface area contributed by atoms with Gasteiger partial charge in [-0.15, -0.1) is 0 Å². The molecular weight excluding hydrogens is 284 g/mol. The first-order valence-corrected chi connectivity index (χ1v) is 8.62. The summed E-state index contributed by atoms with van der Waals surface area (Å²) in [5.41, 5.74) is 0.402. The molecule has 0 bridgehead atoms. The van der Waals surface area contributed by atoms with Gasteiger partial charge in [0.05, 0.1) is 5.60 Å². The number of hydrogen-bond acceptors (Lipinski definition) is 3. The van der Waals surface area contributed by atoms with Crippen LogP contribution in [0.5, 0.6) is 0 Å². The van der Waals surface area contributed by atoms with Gasteiger partial charge >= 0.3 is 6.03 Å². The number of rotatable bonds is 8. The number of carbonyl (C=O) groups is 1. The quantitative estimate of drug-likeness (QED) is 0.691. The van der Waals surface area contributed by atoms with Gasteiger partial charge in [0.1, 0.15) is 0 Å². The van der Waals surface area contributed by atoms with Gasteiger partial charge in [0.25, 0.3) is 0 Å². The first-order valence-electron chi connectivity index (χ1n) is 7.22. The van der Waals surface area contributed by atoms with Crippen LogP contribution >= 0.6 is 11.8 Å². The number of benzene rings is 1. The fraction of sp³-hybridized carbons (Fsp3) is 0.562. The Balaban J connectivity index is 2.24. The number of hydrogen-bond donors (Lipinski definition) is 3. The Kier molecular flexibility index (Phi) is 7.61. The van der Waals surface area contributed by atoms with Crippen LogP contribution in [0.2, 0.25) is 0 Å². The number of carbonyl (C=O) groups excluding carboxylic acids is 1. The smallest absolute Gasteiger partial charge is 0.315 e. The molecule has 118 valence electrons. The minimum absolute atomic E-state index is 0.0932. The Morgan fingerprint density at radius 3 is 2.67 bits per heavy atom. The molecule has 4 nitrogen and oxygen atoms in total. The topological polar surface area (TPSA) is 61.4 Å². The summed E-state index contributed by atoms with van der Waals surface area (Å²) in [4.78, 5) is 11.8. The highest BCUT2D eigenvalue weighted by Crippen LogP contribution is 2.09. The number of aliphatic hydroxyl groups is 1. The number of amides is 2. The Morgan fingerprint density at radius 2 is 2.05 bits per heavy atom. The third-order valence-electron chi connectivity index (χ3n) is 3.17. The molecule has 21 heavy (non-hydrogen) atoms. The lowest BCUT2D eigenvalue weighted by Gasteiger charge is -2.23. The zero-order chi connectivity index (χ0) is 15.7. The van der Waals surface area contributed by atoms with Gasteiger partial charge < -0.3 is 15.7 Å². The van der Waals surface area contributed by atoms with Crippen molar-refractivity contribution >= 4 is 17.8 Å². The molecule has 1 aromatic rings. The fourth-order valence-corrected chi connectivity index (χ4v) is 2.73. The standard InChI is InChI=1S/C16H26N2O2S/c1-13(9-10-14-7-5-4-6-8-14)18-15(19)17-11-16(2,20)12-21-3/h4-8,13,20H,9-12H2,1-3H3,(H2,17,18,19). The van der Waals surface area contributed by atoms with Crippen LogP contribution in [-0.2, 0) is 6.42 Å². The molecular formula is C16H26N2O2S. The van der Waals surface area contributed by atoms with Gasteiger partial charge in [-0.05, 0) is 38.5 Å². The van der Waals surface area contributed by atoms with Crippen LogP contribution in [0.3, 0.4) is 0 Å². The SMILES string of the molecule is CSCC(C)(O)CNC(=O)NC(C)CCc1ccccc1. The first kappa shape index (κ1) is 17.9. The van der Waals surface area contributed by atoms with E-state index in [0.717, 1.165) is 12.8 Å². The van der Waals surface area contributed by atoms with Crippen LogP contribution in [0.25, 0.3) is 0 Å². The number of aryl methyl sites for hydroxylation is 1. The van der Waals surface area contributed by atoms with Gasteiger partial charge in [-0.2, -0.15) is 11.8 Å². The van der Waals surface area contributed by atoms with Crippen LogP contribution in [0.4, 0.5) is 4.79 Å². The highest BCUT2D eigenvalue weighted by Gasteiger charge is 2.20. The van der Waals surface area contributed by atoms with Crippen molar-refractivity contribution in [2.45, 2.75) is 38.3 Å². The molecule has 0 fully saturated rings. The Hall–Kier alpha value is -1.20. The van der Waals surface area contributed by atoms with Gasteiger partial charge in [0, 0.05) is 18.3 Å². The summed E-state index contributed by atoms with van der Waals surface area (Å²) in [6, 6.07) is 10.1. The first-order chi connectivity index (χ1) is 9.93. The molecule has 0 saturated heterocycles. The van der Waals surface area contributed by atoms with E-state index < -0.39 is 5.60 Å². The zero-order valence-corrected chi connectivity index (χ0v) is 13.9. The number of urea groups is 1. The third kappa shape index (κ3) is 7.97. The molecule has 0 heterocycles. The van der Waals surface area contributed by atoms with Crippen LogP contribution < -0.4 is 10.6 Å². The molecule has 1 aromatic carbocycles. The normalized spacial score (nSPS) is 15.0. The largest absolute Gasteiger partial charge is 0.387 e. The molecule has 0 aliphatic carbocycles. The Labute approximate surface area is 131 Å². The summed E-state index contributed by atoms with van der Waals surface area (Å²) >= 11 is 1.56. The lowest BCUT2D eigenvalue weighted by Crippen LogP contribution is -2.48. The molecule has 5 heteroatoms. The van der Waals surface area contributed by atoms with Crippen molar-refractivity contribution in [3.63, 3.8) is 0 Å². The van der Waals surface area contributed by atoms with Gasteiger partial charge in [-0.1, -0.05) is 30.3 Å². The van der Waals surface area contributed by atoms with Gasteiger partial charge in [-0.25, -0.2) is 4.79 Å². The van der Waals surface area contributed by atoms with Gasteiger partial charge in [-0.3, -0.25) is 0 Å². The van der Waals surface area contributed by atoms with E-state index in [4.69, 9.17) is 0 Å². The maximum Gasteiger partial charge on any atom is 0.315 e. The molecule has 2 unspecified atom stereocenters. The van der Waals surface area contributed by atoms with Gasteiger partial charge in [0.2, 0.25) is 0 Å². The molecule has 0 aromatic heterocycles. The van der Waals surface area contributed by atoms with Crippen LogP contribution in [0, 0.1) is 0 Å². The van der Waals surface area contributed by atoms with Crippen molar-refractivity contribution in [3.05, 3.63) is 35.9 Å². The molecule has 2 atom stereocenters. The molecule has 0 aliphatic rings. The van der Waals surface area contributed by atoms with Gasteiger partial charge in [0.15, 0.2) is 0 Å². The second-order valence-electron chi connectivity index (χ2n) is 5.68. The van der Waals surface area contributed by atoms with E-state index in [1.165, 1.54) is 5.56 Å². The molecule has 3 N–H and O–H groups in total. The van der Waals surface area contributed by atoms with Crippen molar-refractivity contribution < 1.29 is 9.90 Å². The fourth-order valence-electron chi connectivity index (χ4n) is 2.01. The highest BCUT2D eigenvalue weighted by atomic mass is 32.2. The minimum atomic E-state index is -0.871. The second kappa shape index (κ2) is 8.95. The van der Waals surface area contributed by atoms with Crippen LogP contribution in [0.15, 0.2) is 30.3 Å². The van der Waals surface area contributed by atoms with E-state index in [2.05, 4.69) is 22.8 Å². The Bertz CT molecular complexity index is 424. The van der Waals surface area contributed by atoms with Crippen molar-refractivity contribution in [3.8, 4) is 0 Å². The summed E-state index contributed by atoms with van der Waals surface area (Å²) in [6.45, 7) is 3.97. The monoisotopic (exact) mass is 310 g/mol. The van der Waals surface area contributed by atoms with Crippen molar-refractivity contribution in [1.82, 2.24) is 10.6 Å². The summed E-state index contributed by atoms with van der Waals surface area (Å²) in [5, 5.41) is 15.6. The summed E-state index contributed by atoms with van der Waals surface area (Å²) in [6.07, 6.45) is 3.76. The minimum Gasteiger partial charge on any atom is -0.387 e. The van der Waals surface area contributed by atoms with E-state index in [9.17, 15) is 9.90 Å². The number of nitrogens with one attached hydrogen (secondary N) is 2.